The lowest BCUT2D eigenvalue weighted by atomic mass is 10.1. The summed E-state index contributed by atoms with van der Waals surface area (Å²) < 4.78 is 26.3. The van der Waals surface area contributed by atoms with Gasteiger partial charge in [-0.1, -0.05) is 71.6 Å². The highest BCUT2D eigenvalue weighted by atomic mass is 35.5. The Balaban J connectivity index is 2.52. The van der Waals surface area contributed by atoms with E-state index in [1.54, 1.807) is 6.92 Å². The van der Waals surface area contributed by atoms with E-state index in [0.29, 0.717) is 6.42 Å². The number of rotatable bonds is 9. The number of nitrogens with one attached hydrogen (secondary N) is 1. The topological polar surface area (TPSA) is 86.8 Å². The van der Waals surface area contributed by atoms with Gasteiger partial charge in [0.2, 0.25) is 21.8 Å². The van der Waals surface area contributed by atoms with Crippen molar-refractivity contribution in [3.8, 4) is 0 Å². The molecule has 2 rings (SSSR count). The smallest absolute Gasteiger partial charge is 0.244 e. The van der Waals surface area contributed by atoms with Gasteiger partial charge in [0.15, 0.2) is 0 Å². The van der Waals surface area contributed by atoms with Gasteiger partial charge in [-0.3, -0.25) is 13.9 Å². The molecule has 0 unspecified atom stereocenters. The number of aryl methyl sites for hydroxylation is 1. The average Bonchev–Trinajstić information content (AvgIpc) is 2.74. The lowest BCUT2D eigenvalue weighted by Gasteiger charge is -2.34. The molecule has 0 spiro atoms. The van der Waals surface area contributed by atoms with E-state index < -0.39 is 34.1 Å². The van der Waals surface area contributed by atoms with Crippen molar-refractivity contribution in [2.75, 3.05) is 17.1 Å². The summed E-state index contributed by atoms with van der Waals surface area (Å²) >= 11 is 18.4. The van der Waals surface area contributed by atoms with Crippen LogP contribution in [0.2, 0.25) is 15.1 Å². The van der Waals surface area contributed by atoms with Crippen molar-refractivity contribution in [3.63, 3.8) is 0 Å². The SMILES string of the molecule is CC[C@@H](C(=O)NC(C)(C)C)N(Cc1ccc(C)cc1)C(=O)CN(c1cc(Cl)c(Cl)cc1Cl)S(C)(=O)=O. The quantitative estimate of drug-likeness (QED) is 0.403. The van der Waals surface area contributed by atoms with Crippen molar-refractivity contribution in [3.05, 3.63) is 62.6 Å². The largest absolute Gasteiger partial charge is 0.350 e. The van der Waals surface area contributed by atoms with Crippen LogP contribution < -0.4 is 9.62 Å². The number of benzene rings is 2. The maximum Gasteiger partial charge on any atom is 0.244 e. The van der Waals surface area contributed by atoms with Crippen LogP contribution in [0.25, 0.3) is 0 Å². The lowest BCUT2D eigenvalue weighted by molar-refractivity contribution is -0.141. The summed E-state index contributed by atoms with van der Waals surface area (Å²) in [5.41, 5.74) is 1.35. The fourth-order valence-corrected chi connectivity index (χ4v) is 5.11. The fraction of sp³-hybridized carbons (Fsp3) is 0.440. The summed E-state index contributed by atoms with van der Waals surface area (Å²) in [6.07, 6.45) is 1.29. The molecular weight excluding hydrogens is 545 g/mol. The number of halogens is 3. The first-order chi connectivity index (χ1) is 16.5. The van der Waals surface area contributed by atoms with E-state index in [1.807, 2.05) is 52.0 Å². The first-order valence-corrected chi connectivity index (χ1v) is 14.3. The molecule has 1 N–H and O–H groups in total. The molecule has 7 nitrogen and oxygen atoms in total. The van der Waals surface area contributed by atoms with Crippen LogP contribution in [0.4, 0.5) is 5.69 Å². The van der Waals surface area contributed by atoms with Crippen molar-refractivity contribution in [1.29, 1.82) is 0 Å². The van der Waals surface area contributed by atoms with Crippen molar-refractivity contribution in [1.82, 2.24) is 10.2 Å². The van der Waals surface area contributed by atoms with Gasteiger partial charge in [0.05, 0.1) is 27.0 Å². The first-order valence-electron chi connectivity index (χ1n) is 11.3. The average molecular weight is 577 g/mol. The van der Waals surface area contributed by atoms with Gasteiger partial charge in [-0.05, 0) is 51.8 Å². The highest BCUT2D eigenvalue weighted by molar-refractivity contribution is 7.92. The van der Waals surface area contributed by atoms with Gasteiger partial charge in [-0.25, -0.2) is 8.42 Å². The molecule has 198 valence electrons. The minimum absolute atomic E-state index is 0.0180. The van der Waals surface area contributed by atoms with Gasteiger partial charge in [0.1, 0.15) is 12.6 Å². The van der Waals surface area contributed by atoms with Crippen LogP contribution in [0.1, 0.15) is 45.2 Å². The Labute approximate surface area is 228 Å². The lowest BCUT2D eigenvalue weighted by Crippen LogP contribution is -2.55. The van der Waals surface area contributed by atoms with Crippen molar-refractivity contribution in [2.24, 2.45) is 0 Å². The molecule has 1 atom stereocenters. The highest BCUT2D eigenvalue weighted by Gasteiger charge is 2.33. The van der Waals surface area contributed by atoms with Crippen LogP contribution in [0, 0.1) is 6.92 Å². The number of anilines is 1. The molecule has 0 saturated heterocycles. The van der Waals surface area contributed by atoms with E-state index in [4.69, 9.17) is 34.8 Å². The Morgan fingerprint density at radius 1 is 1.00 bits per heavy atom. The van der Waals surface area contributed by atoms with Crippen molar-refractivity contribution < 1.29 is 18.0 Å². The summed E-state index contributed by atoms with van der Waals surface area (Å²) in [6, 6.07) is 9.35. The zero-order chi connectivity index (χ0) is 27.4. The van der Waals surface area contributed by atoms with Gasteiger partial charge in [-0.15, -0.1) is 0 Å². The molecule has 2 amide bonds. The standard InChI is InChI=1S/C25H32Cl3N3O4S/c1-7-21(24(33)29-25(3,4)5)30(14-17-10-8-16(2)9-11-17)23(32)15-31(36(6,34)35)22-13-19(27)18(26)12-20(22)28/h8-13,21H,7,14-15H2,1-6H3,(H,29,33)/t21-/m0/s1. The van der Waals surface area contributed by atoms with Gasteiger partial charge in [-0.2, -0.15) is 0 Å². The Hall–Kier alpha value is -2.00. The monoisotopic (exact) mass is 575 g/mol. The van der Waals surface area contributed by atoms with Crippen LogP contribution in [-0.2, 0) is 26.2 Å². The molecule has 0 aliphatic heterocycles. The highest BCUT2D eigenvalue weighted by Crippen LogP contribution is 2.35. The molecule has 2 aromatic rings. The third-order valence-corrected chi connectivity index (χ3v) is 7.45. The Morgan fingerprint density at radius 3 is 2.06 bits per heavy atom. The number of sulfonamides is 1. The second kappa shape index (κ2) is 12.0. The minimum Gasteiger partial charge on any atom is -0.350 e. The molecule has 2 aromatic carbocycles. The fourth-order valence-electron chi connectivity index (χ4n) is 3.56. The third kappa shape index (κ3) is 8.26. The van der Waals surface area contributed by atoms with Crippen LogP contribution in [0.3, 0.4) is 0 Å². The van der Waals surface area contributed by atoms with E-state index in [2.05, 4.69) is 5.32 Å². The zero-order valence-electron chi connectivity index (χ0n) is 21.2. The number of hydrogen-bond acceptors (Lipinski definition) is 4. The molecule has 0 aliphatic carbocycles. The predicted molar refractivity (Wildman–Crippen MR) is 147 cm³/mol. The zero-order valence-corrected chi connectivity index (χ0v) is 24.3. The maximum absolute atomic E-state index is 13.7. The molecule has 0 fully saturated rings. The van der Waals surface area contributed by atoms with Crippen LogP contribution in [-0.4, -0.2) is 49.5 Å². The molecule has 0 saturated carbocycles. The second-order valence-electron chi connectivity index (χ2n) is 9.66. The van der Waals surface area contributed by atoms with Crippen molar-refractivity contribution >= 4 is 62.3 Å². The number of hydrogen-bond donors (Lipinski definition) is 1. The van der Waals surface area contributed by atoms with Gasteiger partial charge >= 0.3 is 0 Å². The molecule has 0 heterocycles. The molecule has 0 bridgehead atoms. The summed E-state index contributed by atoms with van der Waals surface area (Å²) in [4.78, 5) is 28.3. The number of nitrogens with zero attached hydrogens (tertiary/aromatic N) is 2. The van der Waals surface area contributed by atoms with Crippen molar-refractivity contribution in [2.45, 2.75) is 59.2 Å². The molecule has 11 heteroatoms. The molecule has 36 heavy (non-hydrogen) atoms. The van der Waals surface area contributed by atoms with E-state index >= 15 is 0 Å². The van der Waals surface area contributed by atoms with E-state index in [-0.39, 0.29) is 33.2 Å². The summed E-state index contributed by atoms with van der Waals surface area (Å²) in [5.74, 6) is -0.900. The Kier molecular flexibility index (Phi) is 10.1. The van der Waals surface area contributed by atoms with E-state index in [9.17, 15) is 18.0 Å². The summed E-state index contributed by atoms with van der Waals surface area (Å²) in [6.45, 7) is 8.82. The predicted octanol–water partition coefficient (Wildman–Crippen LogP) is 5.44. The molecule has 0 aliphatic rings. The van der Waals surface area contributed by atoms with Gasteiger partial charge in [0.25, 0.3) is 0 Å². The number of carbonyl (C=O) groups is 2. The Bertz CT molecular complexity index is 1210. The summed E-state index contributed by atoms with van der Waals surface area (Å²) in [5, 5.41) is 3.18. The molecule has 0 aromatic heterocycles. The number of amides is 2. The van der Waals surface area contributed by atoms with Crippen LogP contribution in [0.15, 0.2) is 36.4 Å². The van der Waals surface area contributed by atoms with Gasteiger partial charge in [0, 0.05) is 12.1 Å². The van der Waals surface area contributed by atoms with Crippen LogP contribution >= 0.6 is 34.8 Å². The minimum atomic E-state index is -3.96. The first kappa shape index (κ1) is 30.2. The van der Waals surface area contributed by atoms with E-state index in [0.717, 1.165) is 21.7 Å². The Morgan fingerprint density at radius 2 is 1.56 bits per heavy atom. The van der Waals surface area contributed by atoms with Gasteiger partial charge < -0.3 is 10.2 Å². The summed E-state index contributed by atoms with van der Waals surface area (Å²) in [7, 11) is -3.96. The molecule has 0 radical (unpaired) electrons. The normalized spacial score (nSPS) is 12.7. The van der Waals surface area contributed by atoms with Crippen LogP contribution in [0.5, 0.6) is 0 Å². The third-order valence-electron chi connectivity index (χ3n) is 5.30. The van der Waals surface area contributed by atoms with E-state index in [1.165, 1.54) is 17.0 Å². The number of carbonyl (C=O) groups excluding carboxylic acids is 2. The molecular formula is C25H32Cl3N3O4S. The maximum atomic E-state index is 13.7. The second-order valence-corrected chi connectivity index (χ2v) is 12.8.